The second-order valence-corrected chi connectivity index (χ2v) is 11.4. The highest BCUT2D eigenvalue weighted by Gasteiger charge is 2.26. The van der Waals surface area contributed by atoms with Crippen molar-refractivity contribution in [2.75, 3.05) is 11.5 Å². The van der Waals surface area contributed by atoms with Crippen molar-refractivity contribution in [2.45, 2.75) is 76.0 Å². The van der Waals surface area contributed by atoms with Gasteiger partial charge in [0.15, 0.2) is 0 Å². The van der Waals surface area contributed by atoms with Gasteiger partial charge in [0.05, 0.1) is 22.8 Å². The number of aryl methyl sites for hydroxylation is 2. The number of hydrogen-bond acceptors (Lipinski definition) is 8. The highest BCUT2D eigenvalue weighted by atomic mass is 16.1. The quantitative estimate of drug-likeness (QED) is 0.220. The van der Waals surface area contributed by atoms with Gasteiger partial charge in [-0.15, -0.1) is 0 Å². The molecular formula is C34H38N6O2. The summed E-state index contributed by atoms with van der Waals surface area (Å²) in [5.41, 5.74) is 18.5. The Morgan fingerprint density at radius 3 is 1.40 bits per heavy atom. The molecule has 2 aromatic heterocycles. The molecule has 0 radical (unpaired) electrons. The Morgan fingerprint density at radius 1 is 0.595 bits per heavy atom. The SMILES string of the molecule is Nc1ccc(CC(=O)CCc2ccc(C3CCCC(c4ccc(CCC(=O)Cc5ccc(N)cc5)nn4)C3)nn2)cc1. The fraction of sp³-hybridized carbons (Fsp3) is 0.353. The number of benzene rings is 2. The summed E-state index contributed by atoms with van der Waals surface area (Å²) in [5.74, 6) is 1.00. The van der Waals surface area contributed by atoms with Gasteiger partial charge in [0.1, 0.15) is 11.6 Å². The van der Waals surface area contributed by atoms with Crippen LogP contribution in [0.5, 0.6) is 0 Å². The first-order valence-corrected chi connectivity index (χ1v) is 14.8. The molecule has 0 spiro atoms. The molecule has 1 aliphatic rings. The monoisotopic (exact) mass is 562 g/mol. The Balaban J connectivity index is 1.08. The molecular weight excluding hydrogens is 524 g/mol. The Kier molecular flexibility index (Phi) is 9.64. The highest BCUT2D eigenvalue weighted by molar-refractivity contribution is 5.81. The van der Waals surface area contributed by atoms with Crippen LogP contribution in [0.1, 0.15) is 84.3 Å². The maximum Gasteiger partial charge on any atom is 0.137 e. The number of carbonyl (C=O) groups excluding carboxylic acids is 2. The summed E-state index contributed by atoms with van der Waals surface area (Å²) in [6.07, 6.45) is 7.07. The maximum atomic E-state index is 12.4. The Morgan fingerprint density at radius 2 is 1.02 bits per heavy atom. The smallest absolute Gasteiger partial charge is 0.137 e. The van der Waals surface area contributed by atoms with Gasteiger partial charge in [0, 0.05) is 48.9 Å². The lowest BCUT2D eigenvalue weighted by molar-refractivity contribution is -0.119. The summed E-state index contributed by atoms with van der Waals surface area (Å²) in [6, 6.07) is 23.0. The van der Waals surface area contributed by atoms with Gasteiger partial charge in [-0.3, -0.25) is 9.59 Å². The molecule has 1 saturated carbocycles. The molecule has 5 rings (SSSR count). The number of rotatable bonds is 12. The van der Waals surface area contributed by atoms with Crippen molar-refractivity contribution >= 4 is 22.9 Å². The summed E-state index contributed by atoms with van der Waals surface area (Å²) in [6.45, 7) is 0. The minimum absolute atomic E-state index is 0.178. The molecule has 2 atom stereocenters. The van der Waals surface area contributed by atoms with Crippen LogP contribution in [0.4, 0.5) is 11.4 Å². The number of anilines is 2. The molecule has 216 valence electrons. The molecule has 1 aliphatic carbocycles. The molecule has 8 heteroatoms. The van der Waals surface area contributed by atoms with Crippen molar-refractivity contribution in [2.24, 2.45) is 0 Å². The van der Waals surface area contributed by atoms with E-state index in [1.54, 1.807) is 0 Å². The van der Waals surface area contributed by atoms with Gasteiger partial charge in [0.25, 0.3) is 0 Å². The molecule has 2 heterocycles. The van der Waals surface area contributed by atoms with E-state index in [9.17, 15) is 9.59 Å². The standard InChI is InChI=1S/C34H38N6O2/c35-27-8-4-23(5-9-27)20-31(41)16-12-29-14-18-33(39-37-29)25-2-1-3-26(22-25)34-19-15-30(38-40-34)13-17-32(42)21-24-6-10-28(36)11-7-24/h4-11,14-15,18-19,25-26H,1-3,12-13,16-17,20-22,35-36H2. The van der Waals surface area contributed by atoms with Crippen molar-refractivity contribution in [3.63, 3.8) is 0 Å². The number of Topliss-reactive ketones (excluding diaryl/α,β-unsaturated/α-hetero) is 2. The number of nitrogens with two attached hydrogens (primary N) is 2. The molecule has 0 aliphatic heterocycles. The first-order valence-electron chi connectivity index (χ1n) is 14.8. The van der Waals surface area contributed by atoms with Crippen LogP contribution in [0, 0.1) is 0 Å². The van der Waals surface area contributed by atoms with E-state index in [1.807, 2.05) is 60.7 Å². The summed E-state index contributed by atoms with van der Waals surface area (Å²) in [5, 5.41) is 18.0. The summed E-state index contributed by atoms with van der Waals surface area (Å²) in [4.78, 5) is 24.8. The Bertz CT molecular complexity index is 1360. The van der Waals surface area contributed by atoms with Gasteiger partial charge in [-0.05, 0) is 91.8 Å². The molecule has 8 nitrogen and oxygen atoms in total. The Labute approximate surface area is 247 Å². The van der Waals surface area contributed by atoms with Crippen molar-refractivity contribution in [1.82, 2.24) is 20.4 Å². The number of hydrogen-bond donors (Lipinski definition) is 2. The minimum Gasteiger partial charge on any atom is -0.399 e. The van der Waals surface area contributed by atoms with Crippen molar-refractivity contribution in [3.8, 4) is 0 Å². The Hall–Kier alpha value is -4.46. The molecule has 4 aromatic rings. The van der Waals surface area contributed by atoms with Crippen molar-refractivity contribution < 1.29 is 9.59 Å². The first kappa shape index (κ1) is 29.0. The zero-order valence-electron chi connectivity index (χ0n) is 23.9. The predicted octanol–water partition coefficient (Wildman–Crippen LogP) is 5.36. The van der Waals surface area contributed by atoms with Crippen LogP contribution >= 0.6 is 0 Å². The topological polar surface area (TPSA) is 138 Å². The van der Waals surface area contributed by atoms with Gasteiger partial charge in [-0.1, -0.05) is 30.7 Å². The lowest BCUT2D eigenvalue weighted by atomic mass is 9.78. The second-order valence-electron chi connectivity index (χ2n) is 11.4. The average molecular weight is 563 g/mol. The normalized spacial score (nSPS) is 16.7. The number of nitrogens with zero attached hydrogens (tertiary/aromatic N) is 4. The van der Waals surface area contributed by atoms with E-state index in [-0.39, 0.29) is 11.6 Å². The zero-order chi connectivity index (χ0) is 29.3. The van der Waals surface area contributed by atoms with Crippen LogP contribution in [0.15, 0.2) is 72.8 Å². The fourth-order valence-electron chi connectivity index (χ4n) is 5.61. The van der Waals surface area contributed by atoms with Crippen LogP contribution in [-0.2, 0) is 35.3 Å². The molecule has 0 amide bonds. The molecule has 42 heavy (non-hydrogen) atoms. The summed E-state index contributed by atoms with van der Waals surface area (Å²) < 4.78 is 0. The molecule has 1 fully saturated rings. The molecule has 0 saturated heterocycles. The minimum atomic E-state index is 0.178. The fourth-order valence-corrected chi connectivity index (χ4v) is 5.61. The lowest BCUT2D eigenvalue weighted by Gasteiger charge is -2.28. The number of ketones is 2. The molecule has 0 bridgehead atoms. The van der Waals surface area contributed by atoms with Crippen LogP contribution < -0.4 is 11.5 Å². The van der Waals surface area contributed by atoms with Gasteiger partial charge in [-0.25, -0.2) is 0 Å². The number of aromatic nitrogens is 4. The van der Waals surface area contributed by atoms with Crippen molar-refractivity contribution in [1.29, 1.82) is 0 Å². The molecule has 2 unspecified atom stereocenters. The number of carbonyl (C=O) groups is 2. The van der Waals surface area contributed by atoms with E-state index < -0.39 is 0 Å². The third kappa shape index (κ3) is 8.28. The van der Waals surface area contributed by atoms with Crippen molar-refractivity contribution in [3.05, 3.63) is 107 Å². The third-order valence-electron chi connectivity index (χ3n) is 8.07. The van der Waals surface area contributed by atoms with Crippen LogP contribution in [0.2, 0.25) is 0 Å². The van der Waals surface area contributed by atoms with Gasteiger partial charge < -0.3 is 11.5 Å². The van der Waals surface area contributed by atoms with Crippen LogP contribution in [-0.4, -0.2) is 32.0 Å². The van der Waals surface area contributed by atoms with E-state index in [2.05, 4.69) is 32.5 Å². The van der Waals surface area contributed by atoms with Gasteiger partial charge in [-0.2, -0.15) is 20.4 Å². The first-order chi connectivity index (χ1) is 20.4. The van der Waals surface area contributed by atoms with E-state index in [0.29, 0.717) is 61.7 Å². The largest absolute Gasteiger partial charge is 0.399 e. The lowest BCUT2D eigenvalue weighted by Crippen LogP contribution is -2.16. The number of nitrogen functional groups attached to an aromatic ring is 2. The van der Waals surface area contributed by atoms with E-state index in [1.165, 1.54) is 0 Å². The van der Waals surface area contributed by atoms with Gasteiger partial charge >= 0.3 is 0 Å². The third-order valence-corrected chi connectivity index (χ3v) is 8.07. The van der Waals surface area contributed by atoms with E-state index >= 15 is 0 Å². The zero-order valence-corrected chi connectivity index (χ0v) is 23.9. The molecule has 2 aromatic carbocycles. The van der Waals surface area contributed by atoms with Crippen LogP contribution in [0.3, 0.4) is 0 Å². The summed E-state index contributed by atoms with van der Waals surface area (Å²) >= 11 is 0. The van der Waals surface area contributed by atoms with Gasteiger partial charge in [0.2, 0.25) is 0 Å². The average Bonchev–Trinajstić information content (AvgIpc) is 3.02. The maximum absolute atomic E-state index is 12.4. The predicted molar refractivity (Wildman–Crippen MR) is 164 cm³/mol. The molecule has 4 N–H and O–H groups in total. The van der Waals surface area contributed by atoms with E-state index in [0.717, 1.165) is 59.6 Å². The van der Waals surface area contributed by atoms with E-state index in [4.69, 9.17) is 11.5 Å². The van der Waals surface area contributed by atoms with Crippen LogP contribution in [0.25, 0.3) is 0 Å². The second kappa shape index (κ2) is 13.9. The highest BCUT2D eigenvalue weighted by Crippen LogP contribution is 2.39. The summed E-state index contributed by atoms with van der Waals surface area (Å²) in [7, 11) is 0.